The maximum absolute atomic E-state index is 12.8. The third-order valence-corrected chi connectivity index (χ3v) is 6.59. The summed E-state index contributed by atoms with van der Waals surface area (Å²) in [6.45, 7) is 4.55. The SMILES string of the molecule is CCSc1ccccc1NS(=O)(=O)c1ccc(N2CCCC2=O)c(C)c1. The van der Waals surface area contributed by atoms with Gasteiger partial charge in [0, 0.05) is 23.5 Å². The van der Waals surface area contributed by atoms with Crippen LogP contribution in [0.5, 0.6) is 0 Å². The van der Waals surface area contributed by atoms with Crippen LogP contribution in [0.25, 0.3) is 0 Å². The lowest BCUT2D eigenvalue weighted by atomic mass is 10.2. The van der Waals surface area contributed by atoms with E-state index in [1.165, 1.54) is 0 Å². The van der Waals surface area contributed by atoms with Crippen molar-refractivity contribution in [1.82, 2.24) is 0 Å². The number of hydrogen-bond acceptors (Lipinski definition) is 4. The largest absolute Gasteiger partial charge is 0.312 e. The van der Waals surface area contributed by atoms with Gasteiger partial charge in [-0.25, -0.2) is 8.42 Å². The van der Waals surface area contributed by atoms with E-state index in [-0.39, 0.29) is 10.8 Å². The Balaban J connectivity index is 1.88. The average Bonchev–Trinajstić information content (AvgIpc) is 3.02. The van der Waals surface area contributed by atoms with Crippen molar-refractivity contribution < 1.29 is 13.2 Å². The monoisotopic (exact) mass is 390 g/mol. The van der Waals surface area contributed by atoms with Crippen molar-refractivity contribution in [2.24, 2.45) is 0 Å². The lowest BCUT2D eigenvalue weighted by Gasteiger charge is -2.19. The summed E-state index contributed by atoms with van der Waals surface area (Å²) in [6, 6.07) is 12.3. The number of sulfonamides is 1. The van der Waals surface area contributed by atoms with E-state index in [0.717, 1.165) is 28.3 Å². The molecule has 138 valence electrons. The highest BCUT2D eigenvalue weighted by Gasteiger charge is 2.24. The molecule has 2 aromatic rings. The zero-order valence-electron chi connectivity index (χ0n) is 14.9. The smallest absolute Gasteiger partial charge is 0.261 e. The van der Waals surface area contributed by atoms with Crippen LogP contribution in [0.1, 0.15) is 25.3 Å². The fourth-order valence-corrected chi connectivity index (χ4v) is 5.03. The van der Waals surface area contributed by atoms with E-state index in [4.69, 9.17) is 0 Å². The number of anilines is 2. The Morgan fingerprint density at radius 2 is 1.96 bits per heavy atom. The molecule has 0 atom stereocenters. The number of hydrogen-bond donors (Lipinski definition) is 1. The number of nitrogens with one attached hydrogen (secondary N) is 1. The number of carbonyl (C=O) groups is 1. The van der Waals surface area contributed by atoms with Gasteiger partial charge < -0.3 is 4.90 Å². The van der Waals surface area contributed by atoms with Crippen LogP contribution in [-0.4, -0.2) is 26.6 Å². The highest BCUT2D eigenvalue weighted by atomic mass is 32.2. The number of rotatable bonds is 6. The van der Waals surface area contributed by atoms with Gasteiger partial charge in [-0.15, -0.1) is 11.8 Å². The minimum absolute atomic E-state index is 0.0901. The summed E-state index contributed by atoms with van der Waals surface area (Å²) in [6.07, 6.45) is 1.39. The van der Waals surface area contributed by atoms with E-state index in [0.29, 0.717) is 18.7 Å². The van der Waals surface area contributed by atoms with Gasteiger partial charge in [0.15, 0.2) is 0 Å². The highest BCUT2D eigenvalue weighted by Crippen LogP contribution is 2.31. The van der Waals surface area contributed by atoms with Crippen molar-refractivity contribution in [3.63, 3.8) is 0 Å². The zero-order chi connectivity index (χ0) is 18.7. The summed E-state index contributed by atoms with van der Waals surface area (Å²) in [4.78, 5) is 14.8. The molecule has 0 radical (unpaired) electrons. The number of thioether (sulfide) groups is 1. The number of carbonyl (C=O) groups excluding carboxylic acids is 1. The zero-order valence-corrected chi connectivity index (χ0v) is 16.5. The highest BCUT2D eigenvalue weighted by molar-refractivity contribution is 7.99. The number of nitrogens with zero attached hydrogens (tertiary/aromatic N) is 1. The Hall–Kier alpha value is -1.99. The van der Waals surface area contributed by atoms with Gasteiger partial charge in [0.05, 0.1) is 10.6 Å². The fraction of sp³-hybridized carbons (Fsp3) is 0.316. The molecule has 2 aromatic carbocycles. The summed E-state index contributed by atoms with van der Waals surface area (Å²) >= 11 is 1.59. The summed E-state index contributed by atoms with van der Waals surface area (Å²) in [5, 5.41) is 0. The molecule has 0 spiro atoms. The van der Waals surface area contributed by atoms with Crippen molar-refractivity contribution in [3.05, 3.63) is 48.0 Å². The van der Waals surface area contributed by atoms with E-state index in [1.807, 2.05) is 32.0 Å². The van der Waals surface area contributed by atoms with Gasteiger partial charge in [-0.1, -0.05) is 19.1 Å². The maximum atomic E-state index is 12.8. The summed E-state index contributed by atoms with van der Waals surface area (Å²) in [7, 11) is -3.70. The second-order valence-electron chi connectivity index (χ2n) is 6.13. The van der Waals surface area contributed by atoms with Crippen LogP contribution in [0.15, 0.2) is 52.3 Å². The minimum Gasteiger partial charge on any atom is -0.312 e. The van der Waals surface area contributed by atoms with Crippen LogP contribution in [0.3, 0.4) is 0 Å². The third-order valence-electron chi connectivity index (χ3n) is 4.27. The van der Waals surface area contributed by atoms with Gasteiger partial charge in [-0.05, 0) is 55.0 Å². The second kappa shape index (κ2) is 7.72. The van der Waals surface area contributed by atoms with Gasteiger partial charge in [-0.3, -0.25) is 9.52 Å². The van der Waals surface area contributed by atoms with Gasteiger partial charge in [0.2, 0.25) is 5.91 Å². The predicted octanol–water partition coefficient (Wildman–Crippen LogP) is 4.03. The fourth-order valence-electron chi connectivity index (χ4n) is 3.04. The van der Waals surface area contributed by atoms with Crippen molar-refractivity contribution >= 4 is 39.1 Å². The average molecular weight is 391 g/mol. The van der Waals surface area contributed by atoms with E-state index in [2.05, 4.69) is 4.72 Å². The molecule has 7 heteroatoms. The molecule has 0 saturated carbocycles. The maximum Gasteiger partial charge on any atom is 0.261 e. The Bertz CT molecular complexity index is 926. The van der Waals surface area contributed by atoms with E-state index < -0.39 is 10.0 Å². The number of amides is 1. The lowest BCUT2D eigenvalue weighted by Crippen LogP contribution is -2.24. The molecule has 0 unspecified atom stereocenters. The standard InChI is InChI=1S/C19H22N2O3S2/c1-3-25-18-8-5-4-7-16(18)20-26(23,24)15-10-11-17(14(2)13-15)21-12-6-9-19(21)22/h4-5,7-8,10-11,13,20H,3,6,9,12H2,1-2H3. The van der Waals surface area contributed by atoms with Crippen LogP contribution >= 0.6 is 11.8 Å². The van der Waals surface area contributed by atoms with Gasteiger partial charge in [0.25, 0.3) is 10.0 Å². The molecule has 1 amide bonds. The molecule has 1 aliphatic rings. The first-order valence-electron chi connectivity index (χ1n) is 8.58. The molecule has 1 aliphatic heterocycles. The molecule has 0 aromatic heterocycles. The van der Waals surface area contributed by atoms with E-state index >= 15 is 0 Å². The van der Waals surface area contributed by atoms with Gasteiger partial charge in [-0.2, -0.15) is 0 Å². The number of para-hydroxylation sites is 1. The first kappa shape index (κ1) is 18.8. The van der Waals surface area contributed by atoms with Crippen LogP contribution in [-0.2, 0) is 14.8 Å². The Labute approximate surface area is 158 Å². The molecule has 5 nitrogen and oxygen atoms in total. The molecule has 1 N–H and O–H groups in total. The Morgan fingerprint density at radius 3 is 2.62 bits per heavy atom. The molecule has 1 heterocycles. The molecule has 1 saturated heterocycles. The molecule has 3 rings (SSSR count). The van der Waals surface area contributed by atoms with Crippen LogP contribution in [0.2, 0.25) is 0 Å². The van der Waals surface area contributed by atoms with Crippen molar-refractivity contribution in [2.75, 3.05) is 21.9 Å². The van der Waals surface area contributed by atoms with Gasteiger partial charge in [0.1, 0.15) is 0 Å². The summed E-state index contributed by atoms with van der Waals surface area (Å²) < 4.78 is 28.3. The summed E-state index contributed by atoms with van der Waals surface area (Å²) in [5.74, 6) is 0.948. The lowest BCUT2D eigenvalue weighted by molar-refractivity contribution is -0.117. The number of aryl methyl sites for hydroxylation is 1. The quantitative estimate of drug-likeness (QED) is 0.756. The number of benzene rings is 2. The van der Waals surface area contributed by atoms with Crippen molar-refractivity contribution in [2.45, 2.75) is 36.5 Å². The first-order valence-corrected chi connectivity index (χ1v) is 11.0. The van der Waals surface area contributed by atoms with Gasteiger partial charge >= 0.3 is 0 Å². The van der Waals surface area contributed by atoms with E-state index in [9.17, 15) is 13.2 Å². The summed E-state index contributed by atoms with van der Waals surface area (Å²) in [5.41, 5.74) is 2.14. The van der Waals surface area contributed by atoms with Crippen LogP contribution in [0, 0.1) is 6.92 Å². The molecule has 0 aliphatic carbocycles. The van der Waals surface area contributed by atoms with Crippen LogP contribution in [0.4, 0.5) is 11.4 Å². The van der Waals surface area contributed by atoms with E-state index in [1.54, 1.807) is 40.9 Å². The van der Waals surface area contributed by atoms with Crippen molar-refractivity contribution in [3.8, 4) is 0 Å². The molecular weight excluding hydrogens is 368 g/mol. The molecular formula is C19H22N2O3S2. The third kappa shape index (κ3) is 3.88. The molecule has 26 heavy (non-hydrogen) atoms. The first-order chi connectivity index (χ1) is 12.4. The minimum atomic E-state index is -3.70. The Morgan fingerprint density at radius 1 is 1.19 bits per heavy atom. The van der Waals surface area contributed by atoms with Crippen molar-refractivity contribution in [1.29, 1.82) is 0 Å². The Kier molecular flexibility index (Phi) is 5.58. The normalized spacial score (nSPS) is 14.7. The van der Waals surface area contributed by atoms with Crippen LogP contribution < -0.4 is 9.62 Å². The second-order valence-corrected chi connectivity index (χ2v) is 9.12. The molecule has 0 bridgehead atoms. The topological polar surface area (TPSA) is 66.5 Å². The predicted molar refractivity (Wildman–Crippen MR) is 106 cm³/mol. The molecule has 1 fully saturated rings.